The Morgan fingerprint density at radius 1 is 0.857 bits per heavy atom. The van der Waals surface area contributed by atoms with E-state index in [1.54, 1.807) is 40.0 Å². The maximum absolute atomic E-state index is 12.4. The Bertz CT molecular complexity index is 835. The molecule has 0 fully saturated rings. The van der Waals surface area contributed by atoms with Crippen LogP contribution in [0.2, 0.25) is 0 Å². The van der Waals surface area contributed by atoms with Crippen molar-refractivity contribution in [1.82, 2.24) is 35.2 Å². The van der Waals surface area contributed by atoms with Gasteiger partial charge in [-0.05, 0) is 38.1 Å². The summed E-state index contributed by atoms with van der Waals surface area (Å²) in [7, 11) is 0. The van der Waals surface area contributed by atoms with Crippen molar-refractivity contribution in [3.05, 3.63) is 66.5 Å². The number of hydrogen-bond donors (Lipinski definition) is 2. The topological polar surface area (TPSA) is 107 Å². The fraction of sp³-hybridized carbons (Fsp3) is 0.316. The van der Waals surface area contributed by atoms with Crippen molar-refractivity contribution in [2.45, 2.75) is 39.0 Å². The minimum Gasteiger partial charge on any atom is -0.346 e. The van der Waals surface area contributed by atoms with Crippen molar-refractivity contribution in [1.29, 1.82) is 0 Å². The van der Waals surface area contributed by atoms with E-state index < -0.39 is 0 Å². The van der Waals surface area contributed by atoms with Crippen LogP contribution in [0, 0.1) is 0 Å². The largest absolute Gasteiger partial charge is 0.346 e. The summed E-state index contributed by atoms with van der Waals surface area (Å²) in [6.45, 7) is 4.86. The van der Waals surface area contributed by atoms with Crippen LogP contribution in [0.15, 0.2) is 55.1 Å². The molecule has 3 heterocycles. The minimum absolute atomic E-state index is 0.138. The van der Waals surface area contributed by atoms with Gasteiger partial charge in [0.25, 0.3) is 11.8 Å². The Kier molecular flexibility index (Phi) is 6.15. The number of nitrogens with one attached hydrogen (secondary N) is 2. The Morgan fingerprint density at radius 3 is 1.71 bits per heavy atom. The van der Waals surface area contributed by atoms with Crippen molar-refractivity contribution in [3.63, 3.8) is 0 Å². The summed E-state index contributed by atoms with van der Waals surface area (Å²) < 4.78 is 3.48. The molecule has 2 amide bonds. The number of amides is 2. The van der Waals surface area contributed by atoms with Crippen molar-refractivity contribution in [3.8, 4) is 0 Å². The van der Waals surface area contributed by atoms with Crippen LogP contribution in [0.25, 0.3) is 0 Å². The molecule has 9 heteroatoms. The molecule has 3 aromatic rings. The smallest absolute Gasteiger partial charge is 0.270 e. The van der Waals surface area contributed by atoms with Gasteiger partial charge in [-0.25, -0.2) is 4.98 Å². The lowest BCUT2D eigenvalue weighted by molar-refractivity contribution is 0.0927. The molecule has 0 aliphatic rings. The number of carbonyl (C=O) groups excluding carboxylic acids is 2. The fourth-order valence-electron chi connectivity index (χ4n) is 2.75. The van der Waals surface area contributed by atoms with Crippen LogP contribution in [0.5, 0.6) is 0 Å². The first-order chi connectivity index (χ1) is 13.5. The third-order valence-corrected chi connectivity index (χ3v) is 4.01. The summed E-state index contributed by atoms with van der Waals surface area (Å²) >= 11 is 0. The molecule has 2 unspecified atom stereocenters. The van der Waals surface area contributed by atoms with Gasteiger partial charge in [0.1, 0.15) is 11.4 Å². The van der Waals surface area contributed by atoms with E-state index in [0.717, 1.165) is 0 Å². The Morgan fingerprint density at radius 2 is 1.32 bits per heavy atom. The van der Waals surface area contributed by atoms with E-state index >= 15 is 0 Å². The number of rotatable bonds is 8. The van der Waals surface area contributed by atoms with Crippen LogP contribution in [0.3, 0.4) is 0 Å². The second-order valence-corrected chi connectivity index (χ2v) is 6.61. The zero-order chi connectivity index (χ0) is 19.9. The second kappa shape index (κ2) is 8.94. The summed E-state index contributed by atoms with van der Waals surface area (Å²) in [5.74, 6) is -0.669. The van der Waals surface area contributed by atoms with E-state index in [2.05, 4.69) is 25.8 Å². The molecule has 0 aliphatic heterocycles. The highest BCUT2D eigenvalue weighted by atomic mass is 16.2. The van der Waals surface area contributed by atoms with Crippen molar-refractivity contribution in [2.24, 2.45) is 0 Å². The average Bonchev–Trinajstić information content (AvgIpc) is 3.35. The Balaban J connectivity index is 1.57. The van der Waals surface area contributed by atoms with Gasteiger partial charge in [0.15, 0.2) is 0 Å². The van der Waals surface area contributed by atoms with Gasteiger partial charge in [-0.2, -0.15) is 10.2 Å². The van der Waals surface area contributed by atoms with Gasteiger partial charge < -0.3 is 10.6 Å². The maximum atomic E-state index is 12.4. The SMILES string of the molecule is CC(Cn1cccn1)NC(=O)c1cccc(C(=O)NC(C)Cn2cccn2)n1. The molecular weight excluding hydrogens is 358 g/mol. The molecule has 0 saturated heterocycles. The number of nitrogens with zero attached hydrogens (tertiary/aromatic N) is 5. The number of hydrogen-bond acceptors (Lipinski definition) is 5. The highest BCUT2D eigenvalue weighted by molar-refractivity contribution is 5.96. The molecule has 146 valence electrons. The number of carbonyl (C=O) groups is 2. The van der Waals surface area contributed by atoms with Gasteiger partial charge in [-0.15, -0.1) is 0 Å². The van der Waals surface area contributed by atoms with Crippen LogP contribution < -0.4 is 10.6 Å². The van der Waals surface area contributed by atoms with Crippen LogP contribution >= 0.6 is 0 Å². The molecule has 0 saturated carbocycles. The lowest BCUT2D eigenvalue weighted by Crippen LogP contribution is -2.38. The molecule has 0 radical (unpaired) electrons. The van der Waals surface area contributed by atoms with Gasteiger partial charge in [-0.3, -0.25) is 19.0 Å². The van der Waals surface area contributed by atoms with E-state index in [4.69, 9.17) is 0 Å². The van der Waals surface area contributed by atoms with Crippen molar-refractivity contribution >= 4 is 11.8 Å². The van der Waals surface area contributed by atoms with E-state index in [0.29, 0.717) is 13.1 Å². The molecule has 0 bridgehead atoms. The molecule has 2 N–H and O–H groups in total. The maximum Gasteiger partial charge on any atom is 0.270 e. The van der Waals surface area contributed by atoms with E-state index in [-0.39, 0.29) is 35.3 Å². The molecule has 0 aromatic carbocycles. The standard InChI is InChI=1S/C19H23N7O2/c1-14(12-25-10-4-8-20-25)22-18(27)16-6-3-7-17(24-16)19(28)23-15(2)13-26-11-5-9-21-26/h3-11,14-15H,12-13H2,1-2H3,(H,22,27)(H,23,28). The minimum atomic E-state index is -0.334. The lowest BCUT2D eigenvalue weighted by Gasteiger charge is -2.15. The van der Waals surface area contributed by atoms with E-state index in [1.807, 2.05) is 38.4 Å². The first kappa shape index (κ1) is 19.3. The van der Waals surface area contributed by atoms with Crippen LogP contribution in [0.4, 0.5) is 0 Å². The third kappa shape index (κ3) is 5.26. The van der Waals surface area contributed by atoms with Gasteiger partial charge in [0, 0.05) is 36.9 Å². The molecule has 9 nitrogen and oxygen atoms in total. The molecule has 0 aliphatic carbocycles. The molecule has 0 spiro atoms. The van der Waals surface area contributed by atoms with Gasteiger partial charge in [0.05, 0.1) is 13.1 Å². The molecule has 2 atom stereocenters. The quantitative estimate of drug-likeness (QED) is 0.608. The Labute approximate surface area is 162 Å². The zero-order valence-electron chi connectivity index (χ0n) is 15.8. The first-order valence-electron chi connectivity index (χ1n) is 9.05. The van der Waals surface area contributed by atoms with Gasteiger partial charge >= 0.3 is 0 Å². The van der Waals surface area contributed by atoms with Crippen LogP contribution in [0.1, 0.15) is 34.8 Å². The van der Waals surface area contributed by atoms with Crippen molar-refractivity contribution in [2.75, 3.05) is 0 Å². The fourth-order valence-corrected chi connectivity index (χ4v) is 2.75. The lowest BCUT2D eigenvalue weighted by atomic mass is 10.2. The number of pyridine rings is 1. The summed E-state index contributed by atoms with van der Waals surface area (Å²) in [4.78, 5) is 29.1. The first-order valence-corrected chi connectivity index (χ1v) is 9.05. The Hall–Kier alpha value is -3.49. The summed E-state index contributed by atoms with van der Waals surface area (Å²) in [5.41, 5.74) is 0.388. The predicted octanol–water partition coefficient (Wildman–Crippen LogP) is 1.11. The highest BCUT2D eigenvalue weighted by Crippen LogP contribution is 2.02. The average molecular weight is 381 g/mol. The van der Waals surface area contributed by atoms with Crippen molar-refractivity contribution < 1.29 is 9.59 Å². The third-order valence-electron chi connectivity index (χ3n) is 4.01. The summed E-state index contributed by atoms with van der Waals surface area (Å²) in [6, 6.07) is 8.19. The monoisotopic (exact) mass is 381 g/mol. The second-order valence-electron chi connectivity index (χ2n) is 6.61. The normalized spacial score (nSPS) is 12.9. The van der Waals surface area contributed by atoms with Gasteiger partial charge in [-0.1, -0.05) is 6.07 Å². The van der Waals surface area contributed by atoms with E-state index in [1.165, 1.54) is 0 Å². The highest BCUT2D eigenvalue weighted by Gasteiger charge is 2.16. The van der Waals surface area contributed by atoms with Gasteiger partial charge in [0.2, 0.25) is 0 Å². The summed E-state index contributed by atoms with van der Waals surface area (Å²) in [5, 5.41) is 14.0. The number of aromatic nitrogens is 5. The molecule has 3 rings (SSSR count). The van der Waals surface area contributed by atoms with Crippen LogP contribution in [-0.4, -0.2) is 48.4 Å². The zero-order valence-corrected chi connectivity index (χ0v) is 15.8. The van der Waals surface area contributed by atoms with Crippen LogP contribution in [-0.2, 0) is 13.1 Å². The molecular formula is C19H23N7O2. The summed E-state index contributed by atoms with van der Waals surface area (Å²) in [6.07, 6.45) is 7.03. The molecule has 28 heavy (non-hydrogen) atoms. The molecule has 3 aromatic heterocycles. The van der Waals surface area contributed by atoms with E-state index in [9.17, 15) is 9.59 Å². The predicted molar refractivity (Wildman–Crippen MR) is 103 cm³/mol.